The van der Waals surface area contributed by atoms with E-state index < -0.39 is 41.9 Å². The van der Waals surface area contributed by atoms with Crippen molar-refractivity contribution in [3.63, 3.8) is 0 Å². The fourth-order valence-corrected chi connectivity index (χ4v) is 5.14. The SMILES string of the molecule is O=C(CN(C(=O)c1ccc(Cl)c(Cl)c1)N1C(=O)[C@@H]2CCCC[C@H]2C1=O)c1ccc(Cl)cc1Cl. The number of fused-ring (bicyclic) bond motifs is 1. The van der Waals surface area contributed by atoms with Crippen molar-refractivity contribution in [2.75, 3.05) is 6.54 Å². The molecule has 10 heteroatoms. The van der Waals surface area contributed by atoms with E-state index >= 15 is 0 Å². The third-order valence-electron chi connectivity index (χ3n) is 5.99. The van der Waals surface area contributed by atoms with Crippen molar-refractivity contribution in [1.29, 1.82) is 0 Å². The summed E-state index contributed by atoms with van der Waals surface area (Å²) < 4.78 is 0. The highest BCUT2D eigenvalue weighted by Gasteiger charge is 2.51. The molecule has 6 nitrogen and oxygen atoms in total. The summed E-state index contributed by atoms with van der Waals surface area (Å²) in [7, 11) is 0. The van der Waals surface area contributed by atoms with E-state index in [1.54, 1.807) is 0 Å². The monoisotopic (exact) mass is 526 g/mol. The minimum Gasteiger partial charge on any atom is -0.292 e. The Labute approximate surface area is 210 Å². The maximum Gasteiger partial charge on any atom is 0.273 e. The first-order valence-corrected chi connectivity index (χ1v) is 11.8. The number of imide groups is 1. The molecule has 1 saturated carbocycles. The Hall–Kier alpha value is -2.12. The van der Waals surface area contributed by atoms with E-state index in [1.807, 2.05) is 0 Å². The third kappa shape index (κ3) is 4.62. The van der Waals surface area contributed by atoms with Gasteiger partial charge in [-0.1, -0.05) is 59.2 Å². The van der Waals surface area contributed by atoms with Crippen LogP contribution in [0.3, 0.4) is 0 Å². The van der Waals surface area contributed by atoms with E-state index in [-0.39, 0.29) is 26.2 Å². The van der Waals surface area contributed by atoms with Crippen molar-refractivity contribution in [3.8, 4) is 0 Å². The largest absolute Gasteiger partial charge is 0.292 e. The number of nitrogens with zero attached hydrogens (tertiary/aromatic N) is 2. The second kappa shape index (κ2) is 9.63. The molecule has 1 aliphatic carbocycles. The van der Waals surface area contributed by atoms with Crippen LogP contribution in [0.25, 0.3) is 0 Å². The molecule has 4 rings (SSSR count). The summed E-state index contributed by atoms with van der Waals surface area (Å²) in [5.74, 6) is -3.23. The molecule has 3 amide bonds. The average Bonchev–Trinajstić information content (AvgIpc) is 3.03. The number of hydrazine groups is 1. The summed E-state index contributed by atoms with van der Waals surface area (Å²) in [5.41, 5.74) is 0.194. The zero-order chi connectivity index (χ0) is 23.9. The second-order valence-electron chi connectivity index (χ2n) is 8.02. The average molecular weight is 528 g/mol. The van der Waals surface area contributed by atoms with Gasteiger partial charge in [-0.05, 0) is 49.2 Å². The fourth-order valence-electron chi connectivity index (χ4n) is 4.33. The molecule has 2 aromatic rings. The van der Waals surface area contributed by atoms with Crippen molar-refractivity contribution in [1.82, 2.24) is 10.0 Å². The zero-order valence-corrected chi connectivity index (χ0v) is 20.2. The van der Waals surface area contributed by atoms with Gasteiger partial charge in [-0.15, -0.1) is 0 Å². The molecule has 0 radical (unpaired) electrons. The molecule has 1 heterocycles. The van der Waals surface area contributed by atoms with Crippen molar-refractivity contribution in [3.05, 3.63) is 67.6 Å². The quantitative estimate of drug-likeness (QED) is 0.368. The van der Waals surface area contributed by atoms with E-state index in [9.17, 15) is 19.2 Å². The van der Waals surface area contributed by atoms with Crippen LogP contribution in [-0.4, -0.2) is 40.1 Å². The van der Waals surface area contributed by atoms with E-state index in [4.69, 9.17) is 46.4 Å². The number of carbonyl (C=O) groups excluding carboxylic acids is 4. The van der Waals surface area contributed by atoms with Gasteiger partial charge in [0.15, 0.2) is 5.78 Å². The summed E-state index contributed by atoms with van der Waals surface area (Å²) in [5, 5.41) is 2.52. The highest BCUT2D eigenvalue weighted by Crippen LogP contribution is 2.39. The van der Waals surface area contributed by atoms with Crippen molar-refractivity contribution >= 4 is 69.9 Å². The van der Waals surface area contributed by atoms with E-state index in [0.717, 1.165) is 22.9 Å². The van der Waals surface area contributed by atoms with Crippen LogP contribution >= 0.6 is 46.4 Å². The van der Waals surface area contributed by atoms with Gasteiger partial charge in [-0.25, -0.2) is 5.01 Å². The van der Waals surface area contributed by atoms with Gasteiger partial charge in [0.05, 0.1) is 26.9 Å². The van der Waals surface area contributed by atoms with Crippen molar-refractivity contribution in [2.24, 2.45) is 11.8 Å². The lowest BCUT2D eigenvalue weighted by molar-refractivity contribution is -0.154. The van der Waals surface area contributed by atoms with Gasteiger partial charge < -0.3 is 0 Å². The molecule has 0 spiro atoms. The maximum atomic E-state index is 13.5. The summed E-state index contributed by atoms with van der Waals surface area (Å²) in [6, 6.07) is 8.51. The number of hydrogen-bond acceptors (Lipinski definition) is 4. The zero-order valence-electron chi connectivity index (χ0n) is 17.2. The van der Waals surface area contributed by atoms with Crippen molar-refractivity contribution in [2.45, 2.75) is 25.7 Å². The van der Waals surface area contributed by atoms with E-state index in [0.29, 0.717) is 17.9 Å². The molecule has 0 aromatic heterocycles. The normalized spacial score (nSPS) is 20.1. The maximum absolute atomic E-state index is 13.5. The van der Waals surface area contributed by atoms with Crippen LogP contribution in [-0.2, 0) is 9.59 Å². The first-order chi connectivity index (χ1) is 15.7. The summed E-state index contributed by atoms with van der Waals surface area (Å²) in [6.45, 7) is -0.572. The first-order valence-electron chi connectivity index (χ1n) is 10.3. The van der Waals surface area contributed by atoms with Gasteiger partial charge in [0, 0.05) is 16.1 Å². The number of halogens is 4. The number of ketones is 1. The standard InChI is InChI=1S/C23H18Cl4N2O4/c24-13-6-7-16(18(26)10-13)20(30)11-28(21(31)12-5-8-17(25)19(27)9-12)29-22(32)14-3-1-2-4-15(14)23(29)33/h5-10,14-15H,1-4,11H2/t14-,15-/m1/s1. The van der Waals surface area contributed by atoms with E-state index in [2.05, 4.69) is 0 Å². The number of amides is 3. The van der Waals surface area contributed by atoms with Gasteiger partial charge in [0.25, 0.3) is 17.7 Å². The lowest BCUT2D eigenvalue weighted by atomic mass is 9.81. The Morgan fingerprint density at radius 1 is 0.848 bits per heavy atom. The molecule has 33 heavy (non-hydrogen) atoms. The highest BCUT2D eigenvalue weighted by atomic mass is 35.5. The molecule has 1 aliphatic heterocycles. The molecule has 2 aliphatic rings. The van der Waals surface area contributed by atoms with Crippen LogP contribution in [0.5, 0.6) is 0 Å². The molecular formula is C23H18Cl4N2O4. The molecule has 2 atom stereocenters. The third-order valence-corrected chi connectivity index (χ3v) is 7.27. The molecule has 0 bridgehead atoms. The number of Topliss-reactive ketones (excluding diaryl/α,β-unsaturated/α-hetero) is 1. The second-order valence-corrected chi connectivity index (χ2v) is 9.68. The van der Waals surface area contributed by atoms with Gasteiger partial charge in [0.2, 0.25) is 0 Å². The Bertz CT molecular complexity index is 1150. The van der Waals surface area contributed by atoms with Gasteiger partial charge in [-0.2, -0.15) is 5.01 Å². The number of hydrogen-bond donors (Lipinski definition) is 0. The van der Waals surface area contributed by atoms with Crippen LogP contribution in [0.15, 0.2) is 36.4 Å². The Kier molecular flexibility index (Phi) is 7.01. The summed E-state index contributed by atoms with van der Waals surface area (Å²) in [6.07, 6.45) is 2.79. The smallest absolute Gasteiger partial charge is 0.273 e. The number of carbonyl (C=O) groups is 4. The molecule has 1 saturated heterocycles. The highest BCUT2D eigenvalue weighted by molar-refractivity contribution is 6.42. The van der Waals surface area contributed by atoms with Gasteiger partial charge in [0.1, 0.15) is 6.54 Å². The molecule has 2 aromatic carbocycles. The Balaban J connectivity index is 1.72. The van der Waals surface area contributed by atoms with Crippen LogP contribution in [0.1, 0.15) is 46.4 Å². The minimum atomic E-state index is -0.729. The van der Waals surface area contributed by atoms with E-state index in [1.165, 1.54) is 36.4 Å². The van der Waals surface area contributed by atoms with Gasteiger partial charge >= 0.3 is 0 Å². The minimum absolute atomic E-state index is 0.0786. The summed E-state index contributed by atoms with van der Waals surface area (Å²) in [4.78, 5) is 53.0. The molecule has 0 N–H and O–H groups in total. The molecule has 2 fully saturated rings. The fraction of sp³-hybridized carbons (Fsp3) is 0.304. The van der Waals surface area contributed by atoms with Crippen molar-refractivity contribution < 1.29 is 19.2 Å². The molecule has 172 valence electrons. The van der Waals surface area contributed by atoms with Crippen LogP contribution in [0, 0.1) is 11.8 Å². The predicted molar refractivity (Wildman–Crippen MR) is 126 cm³/mol. The molecular weight excluding hydrogens is 510 g/mol. The number of rotatable bonds is 5. The van der Waals surface area contributed by atoms with Crippen LogP contribution in [0.4, 0.5) is 0 Å². The summed E-state index contributed by atoms with van der Waals surface area (Å²) >= 11 is 24.1. The van der Waals surface area contributed by atoms with Crippen LogP contribution < -0.4 is 0 Å². The Morgan fingerprint density at radius 2 is 1.48 bits per heavy atom. The topological polar surface area (TPSA) is 74.8 Å². The Morgan fingerprint density at radius 3 is 2.06 bits per heavy atom. The first kappa shape index (κ1) is 24.0. The van der Waals surface area contributed by atoms with Crippen LogP contribution in [0.2, 0.25) is 20.1 Å². The number of benzene rings is 2. The lowest BCUT2D eigenvalue weighted by Gasteiger charge is -2.30. The predicted octanol–water partition coefficient (Wildman–Crippen LogP) is 5.72. The van der Waals surface area contributed by atoms with Gasteiger partial charge in [-0.3, -0.25) is 19.2 Å². The lowest BCUT2D eigenvalue weighted by Crippen LogP contribution is -2.52. The molecule has 0 unspecified atom stereocenters.